The lowest BCUT2D eigenvalue weighted by atomic mass is 10.3. The summed E-state index contributed by atoms with van der Waals surface area (Å²) < 4.78 is 39.5. The summed E-state index contributed by atoms with van der Waals surface area (Å²) in [7, 11) is 1.77. The third-order valence-corrected chi connectivity index (χ3v) is 3.34. The molecule has 9 nitrogen and oxygen atoms in total. The summed E-state index contributed by atoms with van der Waals surface area (Å²) in [5, 5.41) is 13.4. The van der Waals surface area contributed by atoms with Crippen LogP contribution in [0.2, 0.25) is 0 Å². The molecule has 0 aliphatic heterocycles. The Morgan fingerprint density at radius 1 is 1.19 bits per heavy atom. The van der Waals surface area contributed by atoms with E-state index in [9.17, 15) is 18.0 Å². The second-order valence-corrected chi connectivity index (χ2v) is 5.60. The molecule has 0 aliphatic carbocycles. The Hall–Kier alpha value is -3.44. The molecule has 3 aromatic rings. The van der Waals surface area contributed by atoms with Crippen molar-refractivity contribution in [3.63, 3.8) is 0 Å². The number of halogens is 3. The standard InChI is InChI=1S/C15H15F3N8O/c1-25-8-10(6-20-25)23-14-19-5-3-12(24-14)26-9-11(7-21-26)22-13(27)2-4-15(16,17)18/h3,5-9H,2,4H2,1H3,(H,22,27)(H,19,23,24). The predicted octanol–water partition coefficient (Wildman–Crippen LogP) is 2.42. The molecule has 12 heteroatoms. The number of carbonyl (C=O) groups excluding carboxylic acids is 1. The number of carbonyl (C=O) groups is 1. The first-order valence-corrected chi connectivity index (χ1v) is 7.79. The van der Waals surface area contributed by atoms with Gasteiger partial charge >= 0.3 is 6.18 Å². The van der Waals surface area contributed by atoms with Crippen LogP contribution in [-0.2, 0) is 11.8 Å². The highest BCUT2D eigenvalue weighted by Gasteiger charge is 2.27. The lowest BCUT2D eigenvalue weighted by molar-refractivity contribution is -0.142. The second kappa shape index (κ2) is 7.43. The molecular formula is C15H15F3N8O. The zero-order chi connectivity index (χ0) is 19.4. The van der Waals surface area contributed by atoms with Crippen molar-refractivity contribution < 1.29 is 18.0 Å². The Kier molecular flexibility index (Phi) is 5.05. The van der Waals surface area contributed by atoms with Gasteiger partial charge in [-0.05, 0) is 0 Å². The van der Waals surface area contributed by atoms with Crippen molar-refractivity contribution in [1.29, 1.82) is 0 Å². The number of nitrogens with one attached hydrogen (secondary N) is 2. The third kappa shape index (κ3) is 5.26. The highest BCUT2D eigenvalue weighted by atomic mass is 19.4. The van der Waals surface area contributed by atoms with Gasteiger partial charge in [-0.1, -0.05) is 0 Å². The van der Waals surface area contributed by atoms with Crippen molar-refractivity contribution in [2.24, 2.45) is 7.05 Å². The Morgan fingerprint density at radius 3 is 2.67 bits per heavy atom. The molecule has 0 aromatic carbocycles. The molecule has 142 valence electrons. The van der Waals surface area contributed by atoms with Crippen LogP contribution in [0.3, 0.4) is 0 Å². The van der Waals surface area contributed by atoms with Gasteiger partial charge in [-0.3, -0.25) is 9.48 Å². The SMILES string of the molecule is Cn1cc(Nc2nccc(-n3cc(NC(=O)CCC(F)(F)F)cn3)n2)cn1. The molecular weight excluding hydrogens is 365 g/mol. The van der Waals surface area contributed by atoms with E-state index in [1.165, 1.54) is 23.3 Å². The fourth-order valence-corrected chi connectivity index (χ4v) is 2.14. The zero-order valence-electron chi connectivity index (χ0n) is 14.1. The Balaban J connectivity index is 1.65. The summed E-state index contributed by atoms with van der Waals surface area (Å²) in [6, 6.07) is 1.59. The van der Waals surface area contributed by atoms with E-state index in [0.717, 1.165) is 0 Å². The average Bonchev–Trinajstić information content (AvgIpc) is 3.22. The van der Waals surface area contributed by atoms with Gasteiger partial charge in [-0.2, -0.15) is 28.4 Å². The van der Waals surface area contributed by atoms with E-state index in [1.54, 1.807) is 30.2 Å². The summed E-state index contributed by atoms with van der Waals surface area (Å²) in [5.41, 5.74) is 0.968. The van der Waals surface area contributed by atoms with Gasteiger partial charge in [0.2, 0.25) is 11.9 Å². The number of nitrogens with zero attached hydrogens (tertiary/aromatic N) is 6. The van der Waals surface area contributed by atoms with E-state index in [2.05, 4.69) is 30.8 Å². The van der Waals surface area contributed by atoms with Crippen molar-refractivity contribution in [3.05, 3.63) is 37.1 Å². The molecule has 1 amide bonds. The van der Waals surface area contributed by atoms with Crippen LogP contribution in [0.5, 0.6) is 0 Å². The monoisotopic (exact) mass is 380 g/mol. The van der Waals surface area contributed by atoms with Crippen LogP contribution in [-0.4, -0.2) is 41.6 Å². The molecule has 3 aromatic heterocycles. The minimum atomic E-state index is -4.37. The van der Waals surface area contributed by atoms with E-state index < -0.39 is 24.9 Å². The molecule has 0 fully saturated rings. The fraction of sp³-hybridized carbons (Fsp3) is 0.267. The topological polar surface area (TPSA) is 103 Å². The van der Waals surface area contributed by atoms with Crippen molar-refractivity contribution in [2.75, 3.05) is 10.6 Å². The van der Waals surface area contributed by atoms with Crippen molar-refractivity contribution in [1.82, 2.24) is 29.5 Å². The lowest BCUT2D eigenvalue weighted by Crippen LogP contribution is -2.16. The highest BCUT2D eigenvalue weighted by molar-refractivity contribution is 5.90. The number of hydrogen-bond acceptors (Lipinski definition) is 6. The maximum Gasteiger partial charge on any atom is 0.389 e. The van der Waals surface area contributed by atoms with Gasteiger partial charge in [0.05, 0.1) is 36.4 Å². The Bertz CT molecular complexity index is 933. The molecule has 3 rings (SSSR count). The Labute approximate surface area is 151 Å². The normalized spacial score (nSPS) is 11.4. The van der Waals surface area contributed by atoms with Crippen LogP contribution < -0.4 is 10.6 Å². The van der Waals surface area contributed by atoms with Crippen molar-refractivity contribution >= 4 is 23.2 Å². The molecule has 3 heterocycles. The summed E-state index contributed by atoms with van der Waals surface area (Å²) >= 11 is 0. The average molecular weight is 380 g/mol. The number of rotatable bonds is 6. The van der Waals surface area contributed by atoms with Gasteiger partial charge in [0.15, 0.2) is 5.82 Å². The van der Waals surface area contributed by atoms with Crippen LogP contribution in [0.1, 0.15) is 12.8 Å². The zero-order valence-corrected chi connectivity index (χ0v) is 14.1. The molecule has 0 bridgehead atoms. The first-order chi connectivity index (χ1) is 12.8. The first-order valence-electron chi connectivity index (χ1n) is 7.79. The molecule has 0 unspecified atom stereocenters. The van der Waals surface area contributed by atoms with E-state index in [4.69, 9.17) is 0 Å². The molecule has 2 N–H and O–H groups in total. The van der Waals surface area contributed by atoms with Crippen LogP contribution in [0, 0.1) is 0 Å². The van der Waals surface area contributed by atoms with E-state index >= 15 is 0 Å². The minimum absolute atomic E-state index is 0.266. The predicted molar refractivity (Wildman–Crippen MR) is 89.6 cm³/mol. The molecule has 0 radical (unpaired) electrons. The number of aromatic nitrogens is 6. The largest absolute Gasteiger partial charge is 0.389 e. The Morgan fingerprint density at radius 2 is 1.96 bits per heavy atom. The number of anilines is 3. The molecule has 0 saturated heterocycles. The molecule has 0 aliphatic rings. The molecule has 27 heavy (non-hydrogen) atoms. The lowest BCUT2D eigenvalue weighted by Gasteiger charge is -2.06. The summed E-state index contributed by atoms with van der Waals surface area (Å²) in [6.07, 6.45) is 1.44. The summed E-state index contributed by atoms with van der Waals surface area (Å²) in [6.45, 7) is 0. The quantitative estimate of drug-likeness (QED) is 0.681. The van der Waals surface area contributed by atoms with Gasteiger partial charge in [-0.15, -0.1) is 0 Å². The minimum Gasteiger partial charge on any atom is -0.323 e. The van der Waals surface area contributed by atoms with Crippen molar-refractivity contribution in [3.8, 4) is 5.82 Å². The van der Waals surface area contributed by atoms with E-state index in [1.807, 2.05) is 0 Å². The number of hydrogen-bond donors (Lipinski definition) is 2. The molecule has 0 saturated carbocycles. The van der Waals surface area contributed by atoms with E-state index in [0.29, 0.717) is 17.5 Å². The van der Waals surface area contributed by atoms with Gasteiger partial charge in [0.25, 0.3) is 0 Å². The second-order valence-electron chi connectivity index (χ2n) is 5.60. The maximum absolute atomic E-state index is 12.2. The number of amides is 1. The first kappa shape index (κ1) is 18.4. The van der Waals surface area contributed by atoms with Crippen LogP contribution in [0.4, 0.5) is 30.5 Å². The fourth-order valence-electron chi connectivity index (χ4n) is 2.14. The third-order valence-electron chi connectivity index (χ3n) is 3.34. The molecule has 0 spiro atoms. The van der Waals surface area contributed by atoms with Crippen LogP contribution >= 0.6 is 0 Å². The molecule has 0 atom stereocenters. The smallest absolute Gasteiger partial charge is 0.323 e. The van der Waals surface area contributed by atoms with Crippen LogP contribution in [0.15, 0.2) is 37.1 Å². The highest BCUT2D eigenvalue weighted by Crippen LogP contribution is 2.21. The van der Waals surface area contributed by atoms with Gasteiger partial charge in [0, 0.05) is 31.9 Å². The summed E-state index contributed by atoms with van der Waals surface area (Å²) in [4.78, 5) is 20.0. The number of alkyl halides is 3. The van der Waals surface area contributed by atoms with Crippen LogP contribution in [0.25, 0.3) is 5.82 Å². The maximum atomic E-state index is 12.2. The van der Waals surface area contributed by atoms with Gasteiger partial charge in [0.1, 0.15) is 0 Å². The number of aryl methyl sites for hydroxylation is 1. The summed E-state index contributed by atoms with van der Waals surface area (Å²) in [5.74, 6) is -0.0209. The van der Waals surface area contributed by atoms with Crippen molar-refractivity contribution in [2.45, 2.75) is 19.0 Å². The van der Waals surface area contributed by atoms with Gasteiger partial charge < -0.3 is 10.6 Å². The van der Waals surface area contributed by atoms with Gasteiger partial charge in [-0.25, -0.2) is 9.67 Å². The van der Waals surface area contributed by atoms with E-state index in [-0.39, 0.29) is 5.69 Å².